The molecule has 2 aromatic carbocycles. The maximum Gasteiger partial charge on any atom is 0.330 e. The lowest BCUT2D eigenvalue weighted by molar-refractivity contribution is -0.134. The van der Waals surface area contributed by atoms with Crippen LogP contribution in [0.25, 0.3) is 6.08 Å². The number of methoxy groups -OCH3 is 3. The van der Waals surface area contributed by atoms with Gasteiger partial charge in [0.1, 0.15) is 5.82 Å². The molecule has 0 heterocycles. The zero-order chi connectivity index (χ0) is 19.8. The number of hydrogen-bond acceptors (Lipinski definition) is 5. The highest BCUT2D eigenvalue weighted by atomic mass is 19.1. The summed E-state index contributed by atoms with van der Waals surface area (Å²) in [6, 6.07) is 9.21. The Morgan fingerprint density at radius 1 is 1.04 bits per heavy atom. The molecule has 2 aromatic rings. The van der Waals surface area contributed by atoms with Crippen molar-refractivity contribution in [2.75, 3.05) is 21.3 Å². The summed E-state index contributed by atoms with van der Waals surface area (Å²) in [6.45, 7) is 0.181. The van der Waals surface area contributed by atoms with E-state index < -0.39 is 17.7 Å². The van der Waals surface area contributed by atoms with Crippen molar-refractivity contribution in [1.29, 1.82) is 0 Å². The third kappa shape index (κ3) is 5.31. The number of benzene rings is 2. The molecule has 0 aliphatic rings. The van der Waals surface area contributed by atoms with Crippen LogP contribution in [0.4, 0.5) is 4.39 Å². The summed E-state index contributed by atoms with van der Waals surface area (Å²) in [5.41, 5.74) is 1.14. The summed E-state index contributed by atoms with van der Waals surface area (Å²) in [5.74, 6) is -0.668. The Labute approximate surface area is 156 Å². The Balaban J connectivity index is 2.11. The molecule has 142 valence electrons. The van der Waals surface area contributed by atoms with Gasteiger partial charge in [-0.05, 0) is 41.5 Å². The van der Waals surface area contributed by atoms with E-state index in [0.29, 0.717) is 17.1 Å². The summed E-state index contributed by atoms with van der Waals surface area (Å²) < 4.78 is 28.9. The number of nitrogens with one attached hydrogen (secondary N) is 1. The second kappa shape index (κ2) is 9.38. The van der Waals surface area contributed by atoms with Gasteiger partial charge in [0.15, 0.2) is 11.5 Å². The van der Waals surface area contributed by atoms with Crippen LogP contribution in [-0.2, 0) is 16.1 Å². The molecule has 2 rings (SSSR count). The number of halogens is 1. The molecule has 1 amide bonds. The Morgan fingerprint density at radius 2 is 1.78 bits per heavy atom. The summed E-state index contributed by atoms with van der Waals surface area (Å²) in [7, 11) is 4.30. The molecule has 0 saturated carbocycles. The van der Waals surface area contributed by atoms with Gasteiger partial charge >= 0.3 is 5.97 Å². The molecule has 7 heteroatoms. The highest BCUT2D eigenvalue weighted by Gasteiger charge is 2.13. The van der Waals surface area contributed by atoms with E-state index in [-0.39, 0.29) is 12.1 Å². The second-order valence-electron chi connectivity index (χ2n) is 5.47. The Kier molecular flexibility index (Phi) is 6.93. The van der Waals surface area contributed by atoms with E-state index in [1.54, 1.807) is 18.2 Å². The van der Waals surface area contributed by atoms with Gasteiger partial charge in [0.05, 0.1) is 26.9 Å². The van der Waals surface area contributed by atoms with Crippen LogP contribution in [0.1, 0.15) is 21.5 Å². The number of rotatable bonds is 7. The second-order valence-corrected chi connectivity index (χ2v) is 5.47. The van der Waals surface area contributed by atoms with Crippen molar-refractivity contribution in [3.63, 3.8) is 0 Å². The SMILES string of the molecule is COC(=O)C=Cc1ccc(F)c(C(=O)NCc2ccc(OC)c(OC)c2)c1. The van der Waals surface area contributed by atoms with Crippen molar-refractivity contribution in [2.45, 2.75) is 6.54 Å². The van der Waals surface area contributed by atoms with Crippen molar-refractivity contribution in [2.24, 2.45) is 0 Å². The monoisotopic (exact) mass is 373 g/mol. The van der Waals surface area contributed by atoms with E-state index >= 15 is 0 Å². The molecule has 0 aliphatic carbocycles. The molecular formula is C20H20FNO5. The van der Waals surface area contributed by atoms with Gasteiger partial charge < -0.3 is 19.5 Å². The first-order valence-electron chi connectivity index (χ1n) is 8.03. The first kappa shape index (κ1) is 20.0. The lowest BCUT2D eigenvalue weighted by Crippen LogP contribution is -2.24. The fourth-order valence-corrected chi connectivity index (χ4v) is 2.32. The Morgan fingerprint density at radius 3 is 2.44 bits per heavy atom. The average molecular weight is 373 g/mol. The van der Waals surface area contributed by atoms with Crippen LogP contribution < -0.4 is 14.8 Å². The van der Waals surface area contributed by atoms with E-state index in [9.17, 15) is 14.0 Å². The van der Waals surface area contributed by atoms with Crippen LogP contribution in [-0.4, -0.2) is 33.2 Å². The third-order valence-corrected chi connectivity index (χ3v) is 3.75. The molecule has 0 spiro atoms. The average Bonchev–Trinajstić information content (AvgIpc) is 2.70. The normalized spacial score (nSPS) is 10.5. The number of ether oxygens (including phenoxy) is 3. The zero-order valence-electron chi connectivity index (χ0n) is 15.2. The van der Waals surface area contributed by atoms with Gasteiger partial charge in [-0.2, -0.15) is 0 Å². The lowest BCUT2D eigenvalue weighted by Gasteiger charge is -2.11. The summed E-state index contributed by atoms with van der Waals surface area (Å²) in [6.07, 6.45) is 2.63. The smallest absolute Gasteiger partial charge is 0.330 e. The molecular weight excluding hydrogens is 353 g/mol. The van der Waals surface area contributed by atoms with Crippen LogP contribution in [0.3, 0.4) is 0 Å². The van der Waals surface area contributed by atoms with Crippen molar-refractivity contribution in [3.05, 3.63) is 65.0 Å². The highest BCUT2D eigenvalue weighted by Crippen LogP contribution is 2.27. The van der Waals surface area contributed by atoms with Gasteiger partial charge in [-0.3, -0.25) is 4.79 Å². The molecule has 0 aliphatic heterocycles. The molecule has 0 atom stereocenters. The molecule has 0 unspecified atom stereocenters. The van der Waals surface area contributed by atoms with Gasteiger partial charge in [-0.25, -0.2) is 9.18 Å². The maximum absolute atomic E-state index is 14.0. The minimum absolute atomic E-state index is 0.123. The quantitative estimate of drug-likeness (QED) is 0.597. The Bertz CT molecular complexity index is 863. The summed E-state index contributed by atoms with van der Waals surface area (Å²) in [4.78, 5) is 23.5. The van der Waals surface area contributed by atoms with E-state index in [1.807, 2.05) is 0 Å². The number of hydrogen-bond donors (Lipinski definition) is 1. The van der Waals surface area contributed by atoms with E-state index in [1.165, 1.54) is 51.7 Å². The highest BCUT2D eigenvalue weighted by molar-refractivity contribution is 5.95. The largest absolute Gasteiger partial charge is 0.493 e. The van der Waals surface area contributed by atoms with Crippen LogP contribution in [0.2, 0.25) is 0 Å². The first-order valence-corrected chi connectivity index (χ1v) is 8.03. The Hall–Kier alpha value is -3.35. The van der Waals surface area contributed by atoms with E-state index in [4.69, 9.17) is 9.47 Å². The molecule has 1 N–H and O–H groups in total. The molecule has 0 fully saturated rings. The summed E-state index contributed by atoms with van der Waals surface area (Å²) in [5, 5.41) is 2.66. The minimum atomic E-state index is -0.657. The first-order chi connectivity index (χ1) is 13.0. The van der Waals surface area contributed by atoms with Crippen LogP contribution in [0, 0.1) is 5.82 Å². The third-order valence-electron chi connectivity index (χ3n) is 3.75. The van der Waals surface area contributed by atoms with Gasteiger partial charge in [0.2, 0.25) is 0 Å². The van der Waals surface area contributed by atoms with Gasteiger partial charge in [0, 0.05) is 12.6 Å². The predicted octanol–water partition coefficient (Wildman–Crippen LogP) is 2.96. The van der Waals surface area contributed by atoms with E-state index in [2.05, 4.69) is 10.1 Å². The fraction of sp³-hybridized carbons (Fsp3) is 0.200. The zero-order valence-corrected chi connectivity index (χ0v) is 15.2. The molecule has 0 bridgehead atoms. The molecule has 0 radical (unpaired) electrons. The van der Waals surface area contributed by atoms with Crippen molar-refractivity contribution in [1.82, 2.24) is 5.32 Å². The van der Waals surface area contributed by atoms with Crippen molar-refractivity contribution < 1.29 is 28.2 Å². The number of carbonyl (C=O) groups excluding carboxylic acids is 2. The van der Waals surface area contributed by atoms with Crippen molar-refractivity contribution >= 4 is 18.0 Å². The minimum Gasteiger partial charge on any atom is -0.493 e. The van der Waals surface area contributed by atoms with Gasteiger partial charge in [-0.15, -0.1) is 0 Å². The van der Waals surface area contributed by atoms with E-state index in [0.717, 1.165) is 5.56 Å². The number of carbonyl (C=O) groups is 2. The number of amides is 1. The summed E-state index contributed by atoms with van der Waals surface area (Å²) >= 11 is 0. The van der Waals surface area contributed by atoms with Crippen LogP contribution in [0.15, 0.2) is 42.5 Å². The molecule has 0 aromatic heterocycles. The lowest BCUT2D eigenvalue weighted by atomic mass is 10.1. The maximum atomic E-state index is 14.0. The van der Waals surface area contributed by atoms with Gasteiger partial charge in [-0.1, -0.05) is 12.1 Å². The fourth-order valence-electron chi connectivity index (χ4n) is 2.32. The van der Waals surface area contributed by atoms with Gasteiger partial charge in [0.25, 0.3) is 5.91 Å². The number of esters is 1. The van der Waals surface area contributed by atoms with Crippen LogP contribution in [0.5, 0.6) is 11.5 Å². The van der Waals surface area contributed by atoms with Crippen molar-refractivity contribution in [3.8, 4) is 11.5 Å². The standard InChI is InChI=1S/C20H20FNO5/c1-25-17-8-5-14(11-18(17)26-2)12-22-20(24)15-10-13(4-7-16(15)21)6-9-19(23)27-3/h4-11H,12H2,1-3H3,(H,22,24). The molecule has 27 heavy (non-hydrogen) atoms. The predicted molar refractivity (Wildman–Crippen MR) is 98.2 cm³/mol. The van der Waals surface area contributed by atoms with Crippen LogP contribution >= 0.6 is 0 Å². The topological polar surface area (TPSA) is 73.9 Å². The molecule has 0 saturated heterocycles. The molecule has 6 nitrogen and oxygen atoms in total.